The van der Waals surface area contributed by atoms with Gasteiger partial charge in [0.05, 0.1) is 11.0 Å². The van der Waals surface area contributed by atoms with E-state index in [9.17, 15) is 14.0 Å². The Morgan fingerprint density at radius 1 is 0.914 bits per heavy atom. The van der Waals surface area contributed by atoms with E-state index in [0.717, 1.165) is 21.2 Å². The quantitative estimate of drug-likeness (QED) is 0.231. The Kier molecular flexibility index (Phi) is 6.33. The van der Waals surface area contributed by atoms with Gasteiger partial charge in [-0.15, -0.1) is 0 Å². The Morgan fingerprint density at radius 2 is 1.66 bits per heavy atom. The van der Waals surface area contributed by atoms with E-state index >= 15 is 0 Å². The van der Waals surface area contributed by atoms with Gasteiger partial charge in [-0.25, -0.2) is 9.18 Å². The highest BCUT2D eigenvalue weighted by Gasteiger charge is 2.34. The molecule has 0 unspecified atom stereocenters. The monoisotopic (exact) mass is 530 g/mol. The summed E-state index contributed by atoms with van der Waals surface area (Å²) in [5.41, 5.74) is 2.18. The molecule has 1 saturated heterocycles. The highest BCUT2D eigenvalue weighted by molar-refractivity contribution is 9.10. The maximum Gasteiger partial charge on any atom is 0.329 e. The minimum Gasteiger partial charge on any atom is -0.488 e. The highest BCUT2D eigenvalue weighted by atomic mass is 79.9. The standard InChI is InChI=1S/C28H20BrFN2O3/c29-23-14-18(12-13-26(23)35-17-21-9-5-8-19-6-1-3-10-22(19)21)15-25-27(33)32(28(34)31-25)16-20-7-2-4-11-24(20)30/h1-15H,16-17H2,(H,31,34)/b25-15+. The van der Waals surface area contributed by atoms with Crippen LogP contribution in [0.15, 0.2) is 95.1 Å². The maximum absolute atomic E-state index is 14.0. The molecular formula is C28H20BrFN2O3. The zero-order chi connectivity index (χ0) is 24.4. The van der Waals surface area contributed by atoms with E-state index < -0.39 is 17.8 Å². The van der Waals surface area contributed by atoms with Crippen LogP contribution in [0.25, 0.3) is 16.8 Å². The van der Waals surface area contributed by atoms with Gasteiger partial charge in [0, 0.05) is 5.56 Å². The molecule has 0 bridgehead atoms. The van der Waals surface area contributed by atoms with Crippen LogP contribution < -0.4 is 10.1 Å². The summed E-state index contributed by atoms with van der Waals surface area (Å²) in [4.78, 5) is 26.1. The lowest BCUT2D eigenvalue weighted by atomic mass is 10.1. The topological polar surface area (TPSA) is 58.6 Å². The lowest BCUT2D eigenvalue weighted by Crippen LogP contribution is -2.30. The summed E-state index contributed by atoms with van der Waals surface area (Å²) in [6, 6.07) is 25.2. The van der Waals surface area contributed by atoms with Crippen LogP contribution in [0.5, 0.6) is 5.75 Å². The number of hydrogen-bond acceptors (Lipinski definition) is 3. The molecule has 1 fully saturated rings. The Morgan fingerprint density at radius 3 is 2.49 bits per heavy atom. The average Bonchev–Trinajstić information content (AvgIpc) is 3.12. The Labute approximate surface area is 210 Å². The number of amides is 3. The third-order valence-corrected chi connectivity index (χ3v) is 6.40. The molecule has 1 heterocycles. The Hall–Kier alpha value is -3.97. The number of urea groups is 1. The molecule has 35 heavy (non-hydrogen) atoms. The fourth-order valence-electron chi connectivity index (χ4n) is 3.98. The number of nitrogens with zero attached hydrogens (tertiary/aromatic N) is 1. The second kappa shape index (κ2) is 9.72. The average molecular weight is 531 g/mol. The number of carbonyl (C=O) groups excluding carboxylic acids is 2. The molecule has 1 aliphatic heterocycles. The molecule has 4 aromatic carbocycles. The molecule has 0 atom stereocenters. The number of benzene rings is 4. The second-order valence-corrected chi connectivity index (χ2v) is 8.94. The summed E-state index contributed by atoms with van der Waals surface area (Å²) in [7, 11) is 0. The van der Waals surface area contributed by atoms with E-state index in [-0.39, 0.29) is 17.8 Å². The van der Waals surface area contributed by atoms with Gasteiger partial charge in [-0.1, -0.05) is 66.7 Å². The second-order valence-electron chi connectivity index (χ2n) is 8.09. The minimum atomic E-state index is -0.585. The first-order valence-corrected chi connectivity index (χ1v) is 11.8. The zero-order valence-corrected chi connectivity index (χ0v) is 20.1. The number of ether oxygens (including phenoxy) is 1. The summed E-state index contributed by atoms with van der Waals surface area (Å²) >= 11 is 3.53. The van der Waals surface area contributed by atoms with E-state index in [1.54, 1.807) is 36.4 Å². The molecule has 1 aliphatic rings. The number of rotatable bonds is 6. The van der Waals surface area contributed by atoms with Crippen molar-refractivity contribution in [2.75, 3.05) is 0 Å². The molecular weight excluding hydrogens is 511 g/mol. The summed E-state index contributed by atoms with van der Waals surface area (Å²) in [5, 5.41) is 4.87. The van der Waals surface area contributed by atoms with Gasteiger partial charge in [-0.2, -0.15) is 0 Å². The zero-order valence-electron chi connectivity index (χ0n) is 18.5. The maximum atomic E-state index is 14.0. The highest BCUT2D eigenvalue weighted by Crippen LogP contribution is 2.29. The first-order chi connectivity index (χ1) is 17.0. The van der Waals surface area contributed by atoms with Gasteiger partial charge in [0.25, 0.3) is 5.91 Å². The van der Waals surface area contributed by atoms with E-state index in [2.05, 4.69) is 39.4 Å². The molecule has 5 rings (SSSR count). The number of fused-ring (bicyclic) bond motifs is 1. The minimum absolute atomic E-state index is 0.127. The van der Waals surface area contributed by atoms with Crippen LogP contribution in [-0.4, -0.2) is 16.8 Å². The fourth-order valence-corrected chi connectivity index (χ4v) is 4.49. The van der Waals surface area contributed by atoms with Crippen molar-refractivity contribution in [2.24, 2.45) is 0 Å². The molecule has 0 radical (unpaired) electrons. The molecule has 0 aromatic heterocycles. The van der Waals surface area contributed by atoms with Gasteiger partial charge in [-0.05, 0) is 62.1 Å². The number of nitrogens with one attached hydrogen (secondary N) is 1. The van der Waals surface area contributed by atoms with Crippen LogP contribution >= 0.6 is 15.9 Å². The summed E-state index contributed by atoms with van der Waals surface area (Å²) in [6.07, 6.45) is 1.58. The normalized spacial score (nSPS) is 14.6. The molecule has 0 saturated carbocycles. The van der Waals surface area contributed by atoms with E-state index in [1.807, 2.05) is 30.3 Å². The molecule has 0 aliphatic carbocycles. The van der Waals surface area contributed by atoms with Crippen LogP contribution in [0.3, 0.4) is 0 Å². The van der Waals surface area contributed by atoms with Crippen LogP contribution in [0.4, 0.5) is 9.18 Å². The summed E-state index contributed by atoms with van der Waals surface area (Å²) < 4.78 is 20.7. The van der Waals surface area contributed by atoms with Crippen molar-refractivity contribution < 1.29 is 18.7 Å². The van der Waals surface area contributed by atoms with Gasteiger partial charge in [0.2, 0.25) is 0 Å². The number of halogens is 2. The lowest BCUT2D eigenvalue weighted by Gasteiger charge is -2.12. The third kappa shape index (κ3) is 4.81. The number of imide groups is 1. The van der Waals surface area contributed by atoms with Gasteiger partial charge >= 0.3 is 6.03 Å². The van der Waals surface area contributed by atoms with Gasteiger partial charge in [0.15, 0.2) is 0 Å². The smallest absolute Gasteiger partial charge is 0.329 e. The summed E-state index contributed by atoms with van der Waals surface area (Å²) in [6.45, 7) is 0.263. The third-order valence-electron chi connectivity index (χ3n) is 5.78. The van der Waals surface area contributed by atoms with E-state index in [1.165, 1.54) is 6.07 Å². The molecule has 7 heteroatoms. The molecule has 3 amide bonds. The molecule has 0 spiro atoms. The van der Waals surface area contributed by atoms with Crippen LogP contribution in [0.1, 0.15) is 16.7 Å². The van der Waals surface area contributed by atoms with Crippen molar-refractivity contribution in [3.05, 3.63) is 118 Å². The van der Waals surface area contributed by atoms with Gasteiger partial charge in [0.1, 0.15) is 23.9 Å². The number of carbonyl (C=O) groups is 2. The lowest BCUT2D eigenvalue weighted by molar-refractivity contribution is -0.123. The van der Waals surface area contributed by atoms with Crippen molar-refractivity contribution in [1.82, 2.24) is 10.2 Å². The van der Waals surface area contributed by atoms with Gasteiger partial charge in [-0.3, -0.25) is 9.69 Å². The molecule has 174 valence electrons. The van der Waals surface area contributed by atoms with Crippen LogP contribution in [0.2, 0.25) is 0 Å². The molecule has 1 N–H and O–H groups in total. The van der Waals surface area contributed by atoms with Crippen molar-refractivity contribution >= 4 is 44.7 Å². The first kappa shape index (κ1) is 22.8. The summed E-state index contributed by atoms with van der Waals surface area (Å²) in [5.74, 6) is -0.317. The van der Waals surface area contributed by atoms with Crippen molar-refractivity contribution in [3.8, 4) is 5.75 Å². The Balaban J connectivity index is 1.30. The van der Waals surface area contributed by atoms with Crippen molar-refractivity contribution in [2.45, 2.75) is 13.2 Å². The van der Waals surface area contributed by atoms with Crippen LogP contribution in [-0.2, 0) is 17.9 Å². The number of hydrogen-bond donors (Lipinski definition) is 1. The predicted molar refractivity (Wildman–Crippen MR) is 136 cm³/mol. The largest absolute Gasteiger partial charge is 0.488 e. The van der Waals surface area contributed by atoms with Crippen molar-refractivity contribution in [1.29, 1.82) is 0 Å². The van der Waals surface area contributed by atoms with E-state index in [0.29, 0.717) is 22.4 Å². The van der Waals surface area contributed by atoms with E-state index in [4.69, 9.17) is 4.74 Å². The molecule has 4 aromatic rings. The fraction of sp³-hybridized carbons (Fsp3) is 0.0714. The SMILES string of the molecule is O=C1N/C(=C/c2ccc(OCc3cccc4ccccc34)c(Br)c2)C(=O)N1Cc1ccccc1F. The van der Waals surface area contributed by atoms with Gasteiger partial charge < -0.3 is 10.1 Å². The van der Waals surface area contributed by atoms with Crippen LogP contribution in [0, 0.1) is 5.82 Å². The first-order valence-electron chi connectivity index (χ1n) is 11.0. The Bertz CT molecular complexity index is 1480. The van der Waals surface area contributed by atoms with Crippen molar-refractivity contribution in [3.63, 3.8) is 0 Å². The predicted octanol–water partition coefficient (Wildman–Crippen LogP) is 6.41. The molecule has 5 nitrogen and oxygen atoms in total.